The van der Waals surface area contributed by atoms with Gasteiger partial charge in [0.25, 0.3) is 0 Å². The summed E-state index contributed by atoms with van der Waals surface area (Å²) < 4.78 is 0.831. The van der Waals surface area contributed by atoms with Crippen molar-refractivity contribution in [2.75, 3.05) is 13.2 Å². The highest BCUT2D eigenvalue weighted by Crippen LogP contribution is 2.37. The average Bonchev–Trinajstić information content (AvgIpc) is 2.67. The van der Waals surface area contributed by atoms with Crippen LogP contribution in [0.15, 0.2) is 6.07 Å². The van der Waals surface area contributed by atoms with Gasteiger partial charge in [-0.25, -0.2) is 0 Å². The van der Waals surface area contributed by atoms with Crippen LogP contribution in [0.2, 0.25) is 4.34 Å². The molecular weight excluding hydrogens is 258 g/mol. The molecule has 1 aliphatic rings. The number of aliphatic hydroxyl groups excluding tert-OH is 1. The van der Waals surface area contributed by atoms with Crippen molar-refractivity contribution < 1.29 is 10.2 Å². The van der Waals surface area contributed by atoms with Crippen molar-refractivity contribution in [3.63, 3.8) is 0 Å². The van der Waals surface area contributed by atoms with Gasteiger partial charge in [0.15, 0.2) is 0 Å². The Hall–Kier alpha value is -0.130. The van der Waals surface area contributed by atoms with Crippen molar-refractivity contribution in [3.8, 4) is 0 Å². The summed E-state index contributed by atoms with van der Waals surface area (Å²) >= 11 is 7.68. The molecule has 1 heterocycles. The molecule has 0 bridgehead atoms. The third-order valence-corrected chi connectivity index (χ3v) is 4.49. The van der Waals surface area contributed by atoms with Crippen LogP contribution in [0, 0.1) is 0 Å². The smallest absolute Gasteiger partial charge is 0.0973 e. The Morgan fingerprint density at radius 2 is 2.41 bits per heavy atom. The van der Waals surface area contributed by atoms with E-state index in [-0.39, 0.29) is 12.6 Å². The minimum atomic E-state index is -1.06. The maximum absolute atomic E-state index is 9.77. The number of aryl methyl sites for hydroxylation is 1. The van der Waals surface area contributed by atoms with E-state index in [4.69, 9.17) is 16.7 Å². The molecule has 1 aliphatic carbocycles. The van der Waals surface area contributed by atoms with Crippen molar-refractivity contribution in [2.45, 2.75) is 37.8 Å². The van der Waals surface area contributed by atoms with Gasteiger partial charge in [0.1, 0.15) is 0 Å². The first-order valence-corrected chi connectivity index (χ1v) is 7.06. The molecule has 0 amide bonds. The number of hydrogen-bond acceptors (Lipinski definition) is 4. The summed E-state index contributed by atoms with van der Waals surface area (Å²) in [4.78, 5) is 1.35. The predicted octanol–water partition coefficient (Wildman–Crippen LogP) is 2.11. The molecule has 0 spiro atoms. The van der Waals surface area contributed by atoms with Gasteiger partial charge in [-0.2, -0.15) is 0 Å². The zero-order chi connectivity index (χ0) is 12.5. The van der Waals surface area contributed by atoms with Crippen molar-refractivity contribution in [3.05, 3.63) is 20.8 Å². The molecule has 0 saturated carbocycles. The van der Waals surface area contributed by atoms with Crippen LogP contribution in [0.5, 0.6) is 0 Å². The molecule has 0 fully saturated rings. The van der Waals surface area contributed by atoms with Gasteiger partial charge in [-0.3, -0.25) is 0 Å². The van der Waals surface area contributed by atoms with Crippen LogP contribution >= 0.6 is 22.9 Å². The van der Waals surface area contributed by atoms with Crippen LogP contribution in [0.1, 0.15) is 36.2 Å². The standard InChI is InChI=1S/C12H18ClNO2S/c1-12(16,7-15)6-14-9-3-2-4-10-8(9)5-11(13)17-10/h5,9,14-16H,2-4,6-7H2,1H3. The van der Waals surface area contributed by atoms with Gasteiger partial charge in [-0.1, -0.05) is 11.6 Å². The summed E-state index contributed by atoms with van der Waals surface area (Å²) in [5.41, 5.74) is 0.206. The molecule has 2 rings (SSSR count). The van der Waals surface area contributed by atoms with E-state index in [2.05, 4.69) is 5.32 Å². The Labute approximate surface area is 110 Å². The Bertz CT molecular complexity index is 392. The number of aliphatic hydroxyl groups is 2. The molecule has 3 nitrogen and oxygen atoms in total. The van der Waals surface area contributed by atoms with E-state index in [1.165, 1.54) is 10.4 Å². The lowest BCUT2D eigenvalue weighted by atomic mass is 9.93. The van der Waals surface area contributed by atoms with E-state index in [0.29, 0.717) is 6.54 Å². The van der Waals surface area contributed by atoms with E-state index in [1.807, 2.05) is 6.07 Å². The van der Waals surface area contributed by atoms with E-state index >= 15 is 0 Å². The van der Waals surface area contributed by atoms with Gasteiger partial charge >= 0.3 is 0 Å². The second-order valence-corrected chi connectivity index (χ2v) is 6.68. The molecule has 0 aromatic carbocycles. The molecular formula is C12H18ClNO2S. The minimum Gasteiger partial charge on any atom is -0.393 e. The first-order chi connectivity index (χ1) is 8.02. The molecule has 2 unspecified atom stereocenters. The van der Waals surface area contributed by atoms with Crippen molar-refractivity contribution >= 4 is 22.9 Å². The lowest BCUT2D eigenvalue weighted by Gasteiger charge is -2.28. The third kappa shape index (κ3) is 3.20. The summed E-state index contributed by atoms with van der Waals surface area (Å²) in [5, 5.41) is 22.1. The second-order valence-electron chi connectivity index (χ2n) is 4.91. The minimum absolute atomic E-state index is 0.232. The van der Waals surface area contributed by atoms with Gasteiger partial charge < -0.3 is 15.5 Å². The maximum Gasteiger partial charge on any atom is 0.0973 e. The predicted molar refractivity (Wildman–Crippen MR) is 70.7 cm³/mol. The number of hydrogen-bond donors (Lipinski definition) is 3. The Morgan fingerprint density at radius 1 is 1.65 bits per heavy atom. The number of fused-ring (bicyclic) bond motifs is 1. The topological polar surface area (TPSA) is 52.5 Å². The molecule has 1 aromatic heterocycles. The highest BCUT2D eigenvalue weighted by molar-refractivity contribution is 7.16. The number of thiophene rings is 1. The Morgan fingerprint density at radius 3 is 3.12 bits per heavy atom. The van der Waals surface area contributed by atoms with Crippen LogP contribution in [0.25, 0.3) is 0 Å². The van der Waals surface area contributed by atoms with Gasteiger partial charge in [0.05, 0.1) is 16.5 Å². The molecule has 3 N–H and O–H groups in total. The van der Waals surface area contributed by atoms with Crippen LogP contribution in [0.3, 0.4) is 0 Å². The van der Waals surface area contributed by atoms with Crippen LogP contribution in [-0.4, -0.2) is 29.0 Å². The second kappa shape index (κ2) is 5.24. The fourth-order valence-electron chi connectivity index (χ4n) is 2.13. The molecule has 0 aliphatic heterocycles. The summed E-state index contributed by atoms with van der Waals surface area (Å²) in [6.07, 6.45) is 3.30. The van der Waals surface area contributed by atoms with E-state index in [1.54, 1.807) is 18.3 Å². The zero-order valence-corrected chi connectivity index (χ0v) is 11.4. The maximum atomic E-state index is 9.77. The molecule has 2 atom stereocenters. The van der Waals surface area contributed by atoms with Gasteiger partial charge in [-0.15, -0.1) is 11.3 Å². The zero-order valence-electron chi connectivity index (χ0n) is 9.87. The fraction of sp³-hybridized carbons (Fsp3) is 0.667. The summed E-state index contributed by atoms with van der Waals surface area (Å²) in [5.74, 6) is 0. The van der Waals surface area contributed by atoms with Crippen LogP contribution in [-0.2, 0) is 6.42 Å². The molecule has 96 valence electrons. The van der Waals surface area contributed by atoms with Gasteiger partial charge in [0, 0.05) is 17.5 Å². The largest absolute Gasteiger partial charge is 0.393 e. The quantitative estimate of drug-likeness (QED) is 0.789. The highest BCUT2D eigenvalue weighted by Gasteiger charge is 2.25. The first-order valence-electron chi connectivity index (χ1n) is 5.86. The Balaban J connectivity index is 2.03. The Kier molecular flexibility index (Phi) is 4.10. The van der Waals surface area contributed by atoms with Crippen molar-refractivity contribution in [1.29, 1.82) is 0 Å². The number of nitrogens with one attached hydrogen (secondary N) is 1. The van der Waals surface area contributed by atoms with Gasteiger partial charge in [0.2, 0.25) is 0 Å². The number of halogens is 1. The van der Waals surface area contributed by atoms with E-state index in [0.717, 1.165) is 23.6 Å². The van der Waals surface area contributed by atoms with Crippen molar-refractivity contribution in [2.24, 2.45) is 0 Å². The monoisotopic (exact) mass is 275 g/mol. The number of rotatable bonds is 4. The van der Waals surface area contributed by atoms with Crippen molar-refractivity contribution in [1.82, 2.24) is 5.32 Å². The highest BCUT2D eigenvalue weighted by atomic mass is 35.5. The van der Waals surface area contributed by atoms with Crippen LogP contribution in [0.4, 0.5) is 0 Å². The summed E-state index contributed by atoms with van der Waals surface area (Å²) in [6.45, 7) is 1.79. The normalized spacial score (nSPS) is 23.2. The molecule has 0 radical (unpaired) electrons. The molecule has 17 heavy (non-hydrogen) atoms. The SMILES string of the molecule is CC(O)(CO)CNC1CCCc2sc(Cl)cc21. The average molecular weight is 276 g/mol. The summed E-state index contributed by atoms with van der Waals surface area (Å²) in [6, 6.07) is 2.27. The lowest BCUT2D eigenvalue weighted by molar-refractivity contribution is 0.000323. The third-order valence-electron chi connectivity index (χ3n) is 3.15. The fourth-order valence-corrected chi connectivity index (χ4v) is 3.52. The van der Waals surface area contributed by atoms with E-state index in [9.17, 15) is 5.11 Å². The van der Waals surface area contributed by atoms with Crippen LogP contribution < -0.4 is 5.32 Å². The molecule has 5 heteroatoms. The van der Waals surface area contributed by atoms with E-state index < -0.39 is 5.60 Å². The summed E-state index contributed by atoms with van der Waals surface area (Å²) in [7, 11) is 0. The molecule has 0 saturated heterocycles. The van der Waals surface area contributed by atoms with Gasteiger partial charge in [-0.05, 0) is 37.8 Å². The first kappa shape index (κ1) is 13.3. The lowest BCUT2D eigenvalue weighted by Crippen LogP contribution is -2.42. The molecule has 1 aromatic rings.